The third kappa shape index (κ3) is 4.07. The smallest absolute Gasteiger partial charge is 0.340 e. The van der Waals surface area contributed by atoms with E-state index in [-0.39, 0.29) is 12.6 Å². The number of carbonyl (C=O) groups excluding carboxylic acids is 2. The number of amides is 2. The summed E-state index contributed by atoms with van der Waals surface area (Å²) in [6.45, 7) is 5.09. The van der Waals surface area contributed by atoms with Crippen LogP contribution in [-0.4, -0.2) is 44.7 Å². The summed E-state index contributed by atoms with van der Waals surface area (Å²) in [6.07, 6.45) is 0.680. The number of nitrogens with one attached hydrogen (secondary N) is 1. The molecule has 2 aromatic heterocycles. The van der Waals surface area contributed by atoms with Gasteiger partial charge in [0.05, 0.1) is 30.1 Å². The lowest BCUT2D eigenvalue weighted by atomic mass is 10.1. The molecule has 0 saturated heterocycles. The molecular formula is C24H23N5O3S. The van der Waals surface area contributed by atoms with E-state index in [0.29, 0.717) is 36.6 Å². The van der Waals surface area contributed by atoms with Gasteiger partial charge in [-0.25, -0.2) is 14.1 Å². The molecule has 0 saturated carbocycles. The van der Waals surface area contributed by atoms with E-state index in [1.807, 2.05) is 16.6 Å². The Morgan fingerprint density at radius 1 is 1.15 bits per heavy atom. The van der Waals surface area contributed by atoms with Crippen LogP contribution in [0.4, 0.5) is 10.5 Å². The van der Waals surface area contributed by atoms with Crippen molar-refractivity contribution in [3.8, 4) is 11.4 Å². The second-order valence-corrected chi connectivity index (χ2v) is 8.90. The largest absolute Gasteiger partial charge is 0.462 e. The average Bonchev–Trinajstić information content (AvgIpc) is 3.37. The zero-order valence-electron chi connectivity index (χ0n) is 18.4. The van der Waals surface area contributed by atoms with Crippen LogP contribution < -0.4 is 5.32 Å². The van der Waals surface area contributed by atoms with Crippen LogP contribution in [0.15, 0.2) is 48.5 Å². The molecule has 0 atom stereocenters. The molecule has 2 amide bonds. The molecule has 0 radical (unpaired) electrons. The Morgan fingerprint density at radius 3 is 2.73 bits per heavy atom. The first-order chi connectivity index (χ1) is 16.0. The Labute approximate surface area is 194 Å². The number of rotatable bonds is 4. The van der Waals surface area contributed by atoms with E-state index in [4.69, 9.17) is 14.8 Å². The Morgan fingerprint density at radius 2 is 1.94 bits per heavy atom. The highest BCUT2D eigenvalue weighted by molar-refractivity contribution is 7.17. The third-order valence-corrected chi connectivity index (χ3v) is 6.64. The van der Waals surface area contributed by atoms with Crippen molar-refractivity contribution in [2.24, 2.45) is 0 Å². The normalized spacial score (nSPS) is 13.1. The standard InChI is InChI=1S/C24H23N5O3S/c1-3-32-22(30)17-6-4-5-7-18(17)25-23(31)28-13-12-19-20(14-28)33-24-26-21(27-29(19)24)16-10-8-15(2)9-11-16/h4-11H,3,12-14H2,1-2H3,(H,25,31). The summed E-state index contributed by atoms with van der Waals surface area (Å²) < 4.78 is 7.00. The van der Waals surface area contributed by atoms with Crippen LogP contribution in [0.5, 0.6) is 0 Å². The van der Waals surface area contributed by atoms with E-state index in [2.05, 4.69) is 24.4 Å². The summed E-state index contributed by atoms with van der Waals surface area (Å²) in [5.41, 5.74) is 4.06. The van der Waals surface area contributed by atoms with Crippen LogP contribution in [0.3, 0.4) is 0 Å². The van der Waals surface area contributed by atoms with Crippen LogP contribution in [0.2, 0.25) is 0 Å². The molecule has 1 aliphatic rings. The first kappa shape index (κ1) is 21.1. The number of ether oxygens (including phenoxy) is 1. The molecule has 8 nitrogen and oxygen atoms in total. The number of carbonyl (C=O) groups is 2. The highest BCUT2D eigenvalue weighted by atomic mass is 32.1. The molecule has 3 heterocycles. The minimum atomic E-state index is -0.454. The number of nitrogens with zero attached hydrogens (tertiary/aromatic N) is 4. The summed E-state index contributed by atoms with van der Waals surface area (Å²) in [7, 11) is 0. The number of hydrogen-bond donors (Lipinski definition) is 1. The molecule has 0 fully saturated rings. The fourth-order valence-electron chi connectivity index (χ4n) is 3.86. The van der Waals surface area contributed by atoms with Crippen molar-refractivity contribution in [1.82, 2.24) is 19.5 Å². The summed E-state index contributed by atoms with van der Waals surface area (Å²) in [4.78, 5) is 33.5. The molecule has 168 valence electrons. The SMILES string of the molecule is CCOC(=O)c1ccccc1NC(=O)N1CCc2c(sc3nc(-c4ccc(C)cc4)nn23)C1. The van der Waals surface area contributed by atoms with Crippen molar-refractivity contribution < 1.29 is 14.3 Å². The van der Waals surface area contributed by atoms with Gasteiger partial charge in [-0.2, -0.15) is 4.98 Å². The van der Waals surface area contributed by atoms with Gasteiger partial charge in [-0.3, -0.25) is 0 Å². The molecule has 0 aliphatic carbocycles. The number of anilines is 1. The van der Waals surface area contributed by atoms with Crippen LogP contribution >= 0.6 is 11.3 Å². The minimum Gasteiger partial charge on any atom is -0.462 e. The van der Waals surface area contributed by atoms with Crippen LogP contribution in [0, 0.1) is 6.92 Å². The van der Waals surface area contributed by atoms with Crippen molar-refractivity contribution >= 4 is 34.0 Å². The lowest BCUT2D eigenvalue weighted by Crippen LogP contribution is -2.39. The highest BCUT2D eigenvalue weighted by Gasteiger charge is 2.27. The number of hydrogen-bond acceptors (Lipinski definition) is 6. The van der Waals surface area contributed by atoms with Crippen LogP contribution in [0.1, 0.15) is 33.4 Å². The lowest BCUT2D eigenvalue weighted by Gasteiger charge is -2.27. The van der Waals surface area contributed by atoms with Gasteiger partial charge in [-0.15, -0.1) is 5.10 Å². The maximum absolute atomic E-state index is 13.0. The number of benzene rings is 2. The van der Waals surface area contributed by atoms with Crippen LogP contribution in [-0.2, 0) is 17.7 Å². The summed E-state index contributed by atoms with van der Waals surface area (Å²) in [6, 6.07) is 14.8. The van der Waals surface area contributed by atoms with Crippen molar-refractivity contribution in [2.75, 3.05) is 18.5 Å². The van der Waals surface area contributed by atoms with Gasteiger partial charge in [0, 0.05) is 23.4 Å². The van der Waals surface area contributed by atoms with Crippen molar-refractivity contribution in [2.45, 2.75) is 26.8 Å². The maximum Gasteiger partial charge on any atom is 0.340 e. The molecular weight excluding hydrogens is 438 g/mol. The Balaban J connectivity index is 1.33. The van der Waals surface area contributed by atoms with Gasteiger partial charge in [0.15, 0.2) is 5.82 Å². The Kier molecular flexibility index (Phi) is 5.55. The van der Waals surface area contributed by atoms with Crippen molar-refractivity contribution in [3.63, 3.8) is 0 Å². The fraction of sp³-hybridized carbons (Fsp3) is 0.250. The first-order valence-corrected chi connectivity index (χ1v) is 11.6. The van der Waals surface area contributed by atoms with E-state index in [0.717, 1.165) is 21.1 Å². The third-order valence-electron chi connectivity index (χ3n) is 5.58. The molecule has 2 aromatic carbocycles. The van der Waals surface area contributed by atoms with Gasteiger partial charge >= 0.3 is 12.0 Å². The quantitative estimate of drug-likeness (QED) is 0.451. The molecule has 1 N–H and O–H groups in total. The molecule has 5 rings (SSSR count). The number of aryl methyl sites for hydroxylation is 1. The van der Waals surface area contributed by atoms with Crippen LogP contribution in [0.25, 0.3) is 16.3 Å². The van der Waals surface area contributed by atoms with Gasteiger partial charge in [0.2, 0.25) is 4.96 Å². The van der Waals surface area contributed by atoms with Gasteiger partial charge in [0.1, 0.15) is 0 Å². The number of esters is 1. The second kappa shape index (κ2) is 8.67. The molecule has 4 aromatic rings. The number of aromatic nitrogens is 3. The molecule has 0 spiro atoms. The zero-order chi connectivity index (χ0) is 22.9. The highest BCUT2D eigenvalue weighted by Crippen LogP contribution is 2.30. The van der Waals surface area contributed by atoms with Crippen molar-refractivity contribution in [3.05, 3.63) is 70.2 Å². The van der Waals surface area contributed by atoms with Gasteiger partial charge < -0.3 is 15.0 Å². The van der Waals surface area contributed by atoms with Gasteiger partial charge in [-0.05, 0) is 26.0 Å². The monoisotopic (exact) mass is 461 g/mol. The van der Waals surface area contributed by atoms with Gasteiger partial charge in [0.25, 0.3) is 0 Å². The Hall–Kier alpha value is -3.72. The predicted octanol–water partition coefficient (Wildman–Crippen LogP) is 4.53. The van der Waals surface area contributed by atoms with Crippen molar-refractivity contribution in [1.29, 1.82) is 0 Å². The van der Waals surface area contributed by atoms with Gasteiger partial charge in [-0.1, -0.05) is 53.3 Å². The zero-order valence-corrected chi connectivity index (χ0v) is 19.2. The van der Waals surface area contributed by atoms with E-state index in [9.17, 15) is 9.59 Å². The van der Waals surface area contributed by atoms with E-state index in [1.54, 1.807) is 47.4 Å². The maximum atomic E-state index is 13.0. The summed E-state index contributed by atoms with van der Waals surface area (Å²) in [5.74, 6) is 0.254. The molecule has 33 heavy (non-hydrogen) atoms. The second-order valence-electron chi connectivity index (χ2n) is 7.84. The molecule has 0 bridgehead atoms. The molecule has 0 unspecified atom stereocenters. The predicted molar refractivity (Wildman–Crippen MR) is 127 cm³/mol. The minimum absolute atomic E-state index is 0.253. The lowest BCUT2D eigenvalue weighted by molar-refractivity contribution is 0.0527. The summed E-state index contributed by atoms with van der Waals surface area (Å²) in [5, 5.41) is 7.58. The number of fused-ring (bicyclic) bond motifs is 3. The summed E-state index contributed by atoms with van der Waals surface area (Å²) >= 11 is 1.55. The number of urea groups is 1. The molecule has 1 aliphatic heterocycles. The van der Waals surface area contributed by atoms with E-state index in [1.165, 1.54) is 5.56 Å². The number of para-hydroxylation sites is 1. The first-order valence-electron chi connectivity index (χ1n) is 10.8. The molecule has 9 heteroatoms. The number of thiazole rings is 1. The average molecular weight is 462 g/mol. The Bertz CT molecular complexity index is 1340. The fourth-order valence-corrected chi connectivity index (χ4v) is 4.98. The van der Waals surface area contributed by atoms with E-state index < -0.39 is 5.97 Å². The van der Waals surface area contributed by atoms with E-state index >= 15 is 0 Å². The topological polar surface area (TPSA) is 88.8 Å².